The molecule has 2 unspecified atom stereocenters. The van der Waals surface area contributed by atoms with E-state index in [9.17, 15) is 0 Å². The first-order valence-electron chi connectivity index (χ1n) is 5.98. The Morgan fingerprint density at radius 1 is 1.44 bits per heavy atom. The minimum atomic E-state index is 0.325. The molecule has 0 saturated heterocycles. The highest BCUT2D eigenvalue weighted by Gasteiger charge is 2.27. The van der Waals surface area contributed by atoms with Gasteiger partial charge in [-0.3, -0.25) is 0 Å². The zero-order chi connectivity index (χ0) is 12.5. The van der Waals surface area contributed by atoms with E-state index in [0.29, 0.717) is 16.6 Å². The predicted molar refractivity (Wildman–Crippen MR) is 81.0 cm³/mol. The highest BCUT2D eigenvalue weighted by atomic mass is 35.5. The quantitative estimate of drug-likeness (QED) is 0.868. The zero-order valence-corrected chi connectivity index (χ0v) is 12.4. The van der Waals surface area contributed by atoms with E-state index in [1.54, 1.807) is 11.3 Å². The van der Waals surface area contributed by atoms with Gasteiger partial charge >= 0.3 is 0 Å². The fraction of sp³-hybridized carbons (Fsp3) is 0.500. The van der Waals surface area contributed by atoms with Crippen molar-refractivity contribution < 1.29 is 0 Å². The summed E-state index contributed by atoms with van der Waals surface area (Å²) < 4.78 is 0. The number of aromatic nitrogens is 2. The molecule has 96 valence electrons. The SMILES string of the molecule is CSC1CCCC1Nc1nc(Cl)nc2sccc12. The maximum Gasteiger partial charge on any atom is 0.225 e. The van der Waals surface area contributed by atoms with Crippen LogP contribution in [0.1, 0.15) is 19.3 Å². The van der Waals surface area contributed by atoms with Crippen LogP contribution in [0, 0.1) is 0 Å². The largest absolute Gasteiger partial charge is 0.366 e. The standard InChI is InChI=1S/C12H14ClN3S2/c1-17-9-4-2-3-8(9)14-10-7-5-6-18-11(7)16-12(13)15-10/h5-6,8-9H,2-4H2,1H3,(H,14,15,16). The third-order valence-electron chi connectivity index (χ3n) is 3.38. The predicted octanol–water partition coefficient (Wildman–Crippen LogP) is 4.04. The first-order valence-corrected chi connectivity index (χ1v) is 8.52. The van der Waals surface area contributed by atoms with Crippen molar-refractivity contribution >= 4 is 50.7 Å². The summed E-state index contributed by atoms with van der Waals surface area (Å²) in [5.74, 6) is 0.886. The number of anilines is 1. The van der Waals surface area contributed by atoms with Gasteiger partial charge in [0, 0.05) is 11.3 Å². The molecule has 3 nitrogen and oxygen atoms in total. The minimum absolute atomic E-state index is 0.325. The molecule has 1 saturated carbocycles. The second-order valence-electron chi connectivity index (χ2n) is 4.44. The molecule has 2 heterocycles. The Kier molecular flexibility index (Phi) is 3.63. The fourth-order valence-corrected chi connectivity index (χ4v) is 4.41. The molecule has 0 bridgehead atoms. The summed E-state index contributed by atoms with van der Waals surface area (Å²) in [5.41, 5.74) is 0. The lowest BCUT2D eigenvalue weighted by molar-refractivity contribution is 0.764. The monoisotopic (exact) mass is 299 g/mol. The lowest BCUT2D eigenvalue weighted by Crippen LogP contribution is -2.26. The fourth-order valence-electron chi connectivity index (χ4n) is 2.49. The van der Waals surface area contributed by atoms with Gasteiger partial charge in [-0.1, -0.05) is 6.42 Å². The maximum absolute atomic E-state index is 5.98. The molecule has 0 aromatic carbocycles. The van der Waals surface area contributed by atoms with E-state index < -0.39 is 0 Å². The zero-order valence-electron chi connectivity index (χ0n) is 10.0. The Labute approximate surface area is 119 Å². The van der Waals surface area contributed by atoms with Crippen molar-refractivity contribution in [3.8, 4) is 0 Å². The average Bonchev–Trinajstić information content (AvgIpc) is 2.96. The van der Waals surface area contributed by atoms with Gasteiger partial charge in [0.25, 0.3) is 0 Å². The molecule has 0 amide bonds. The van der Waals surface area contributed by atoms with Gasteiger partial charge in [-0.25, -0.2) is 9.97 Å². The first-order chi connectivity index (χ1) is 8.78. The number of thiophene rings is 1. The average molecular weight is 300 g/mol. The van der Waals surface area contributed by atoms with Crippen LogP contribution in [0.25, 0.3) is 10.2 Å². The van der Waals surface area contributed by atoms with E-state index in [0.717, 1.165) is 16.0 Å². The highest BCUT2D eigenvalue weighted by Crippen LogP contribution is 2.33. The number of hydrogen-bond acceptors (Lipinski definition) is 5. The molecule has 0 aliphatic heterocycles. The van der Waals surface area contributed by atoms with Crippen LogP contribution in [0.2, 0.25) is 5.28 Å². The molecule has 6 heteroatoms. The second kappa shape index (κ2) is 5.23. The molecule has 0 spiro atoms. The van der Waals surface area contributed by atoms with E-state index in [2.05, 4.69) is 27.6 Å². The highest BCUT2D eigenvalue weighted by molar-refractivity contribution is 7.99. The van der Waals surface area contributed by atoms with Crippen LogP contribution in [0.15, 0.2) is 11.4 Å². The van der Waals surface area contributed by atoms with Crippen LogP contribution >= 0.6 is 34.7 Å². The van der Waals surface area contributed by atoms with Crippen LogP contribution < -0.4 is 5.32 Å². The first kappa shape index (κ1) is 12.5. The summed E-state index contributed by atoms with van der Waals surface area (Å²) in [7, 11) is 0. The van der Waals surface area contributed by atoms with Gasteiger partial charge in [-0.2, -0.15) is 11.8 Å². The second-order valence-corrected chi connectivity index (χ2v) is 6.75. The summed E-state index contributed by atoms with van der Waals surface area (Å²) in [4.78, 5) is 9.54. The van der Waals surface area contributed by atoms with Gasteiger partial charge in [0.15, 0.2) is 0 Å². The summed E-state index contributed by atoms with van der Waals surface area (Å²) in [6, 6.07) is 2.55. The maximum atomic E-state index is 5.98. The Hall–Kier alpha value is -0.520. The Balaban J connectivity index is 1.92. The molecule has 3 rings (SSSR count). The van der Waals surface area contributed by atoms with Crippen molar-refractivity contribution in [1.82, 2.24) is 9.97 Å². The number of halogens is 1. The van der Waals surface area contributed by atoms with E-state index in [1.807, 2.05) is 17.1 Å². The number of hydrogen-bond donors (Lipinski definition) is 1. The van der Waals surface area contributed by atoms with Crippen LogP contribution in [0.4, 0.5) is 5.82 Å². The van der Waals surface area contributed by atoms with Crippen LogP contribution in [-0.4, -0.2) is 27.5 Å². The van der Waals surface area contributed by atoms with E-state index in [4.69, 9.17) is 11.6 Å². The van der Waals surface area contributed by atoms with Crippen LogP contribution in [0.5, 0.6) is 0 Å². The number of thioether (sulfide) groups is 1. The van der Waals surface area contributed by atoms with Crippen molar-refractivity contribution in [2.24, 2.45) is 0 Å². The molecule has 2 aromatic rings. The van der Waals surface area contributed by atoms with Gasteiger partial charge < -0.3 is 5.32 Å². The van der Waals surface area contributed by atoms with E-state index >= 15 is 0 Å². The lowest BCUT2D eigenvalue weighted by atomic mass is 10.2. The van der Waals surface area contributed by atoms with Crippen molar-refractivity contribution in [2.75, 3.05) is 11.6 Å². The van der Waals surface area contributed by atoms with Gasteiger partial charge in [0.2, 0.25) is 5.28 Å². The van der Waals surface area contributed by atoms with Crippen molar-refractivity contribution in [3.05, 3.63) is 16.7 Å². The smallest absolute Gasteiger partial charge is 0.225 e. The van der Waals surface area contributed by atoms with Crippen LogP contribution in [0.3, 0.4) is 0 Å². The third kappa shape index (κ3) is 2.31. The van der Waals surface area contributed by atoms with E-state index in [-0.39, 0.29) is 0 Å². The molecule has 2 aromatic heterocycles. The number of fused-ring (bicyclic) bond motifs is 1. The Bertz CT molecular complexity index is 557. The Morgan fingerprint density at radius 3 is 3.17 bits per heavy atom. The third-order valence-corrected chi connectivity index (χ3v) is 5.52. The number of nitrogens with one attached hydrogen (secondary N) is 1. The topological polar surface area (TPSA) is 37.8 Å². The summed E-state index contributed by atoms with van der Waals surface area (Å²) in [5, 5.41) is 7.67. The molecule has 2 atom stereocenters. The molecule has 18 heavy (non-hydrogen) atoms. The van der Waals surface area contributed by atoms with Crippen molar-refractivity contribution in [2.45, 2.75) is 30.6 Å². The van der Waals surface area contributed by atoms with Crippen molar-refractivity contribution in [3.63, 3.8) is 0 Å². The van der Waals surface area contributed by atoms with Crippen molar-refractivity contribution in [1.29, 1.82) is 0 Å². The summed E-state index contributed by atoms with van der Waals surface area (Å²) in [6.07, 6.45) is 5.95. The normalized spacial score (nSPS) is 23.7. The summed E-state index contributed by atoms with van der Waals surface area (Å²) >= 11 is 9.51. The minimum Gasteiger partial charge on any atom is -0.366 e. The summed E-state index contributed by atoms with van der Waals surface area (Å²) in [6.45, 7) is 0. The molecule has 1 N–H and O–H groups in total. The molecule has 0 radical (unpaired) electrons. The number of rotatable bonds is 3. The number of nitrogens with zero attached hydrogens (tertiary/aromatic N) is 2. The molecule has 1 aliphatic rings. The van der Waals surface area contributed by atoms with Gasteiger partial charge in [-0.15, -0.1) is 11.3 Å². The molecule has 1 fully saturated rings. The van der Waals surface area contributed by atoms with Gasteiger partial charge in [0.1, 0.15) is 10.6 Å². The van der Waals surface area contributed by atoms with Crippen LogP contribution in [-0.2, 0) is 0 Å². The van der Waals surface area contributed by atoms with Gasteiger partial charge in [-0.05, 0) is 42.1 Å². The van der Waals surface area contributed by atoms with E-state index in [1.165, 1.54) is 19.3 Å². The molecule has 1 aliphatic carbocycles. The molecular weight excluding hydrogens is 286 g/mol. The lowest BCUT2D eigenvalue weighted by Gasteiger charge is -2.20. The van der Waals surface area contributed by atoms with Gasteiger partial charge in [0.05, 0.1) is 5.39 Å². The Morgan fingerprint density at radius 2 is 2.33 bits per heavy atom. The molecular formula is C12H14ClN3S2.